The highest BCUT2D eigenvalue weighted by Gasteiger charge is 2.69. The largest absolute Gasteiger partial charge is 0.481 e. The number of hydrogen-bond acceptors (Lipinski definition) is 7. The topological polar surface area (TPSA) is 101 Å². The highest BCUT2D eigenvalue weighted by molar-refractivity contribution is 5.75. The summed E-state index contributed by atoms with van der Waals surface area (Å²) in [5.74, 6) is -2.21. The molecule has 6 rings (SSSR count). The molecular weight excluding hydrogens is 404 g/mol. The molecule has 31 heavy (non-hydrogen) atoms. The van der Waals surface area contributed by atoms with Crippen LogP contribution in [0.1, 0.15) is 72.1 Å². The first kappa shape index (κ1) is 21.6. The average Bonchev–Trinajstić information content (AvgIpc) is 2.98. The van der Waals surface area contributed by atoms with Crippen molar-refractivity contribution in [1.29, 1.82) is 0 Å². The molecule has 2 saturated carbocycles. The van der Waals surface area contributed by atoms with E-state index in [-0.39, 0.29) is 23.7 Å². The molecule has 8 nitrogen and oxygen atoms in total. The molecule has 4 heterocycles. The molecule has 4 saturated heterocycles. The summed E-state index contributed by atoms with van der Waals surface area (Å²) >= 11 is 0. The smallest absolute Gasteiger partial charge is 0.311 e. The van der Waals surface area contributed by atoms with Crippen LogP contribution < -0.4 is 0 Å². The van der Waals surface area contributed by atoms with Crippen LogP contribution in [0.4, 0.5) is 0 Å². The number of esters is 1. The first-order valence-corrected chi connectivity index (χ1v) is 11.9. The Hall–Kier alpha value is -1.22. The highest BCUT2D eigenvalue weighted by Crippen LogP contribution is 2.60. The molecule has 1 spiro atoms. The minimum atomic E-state index is -0.870. The molecule has 0 aromatic rings. The van der Waals surface area contributed by atoms with Gasteiger partial charge in [0.1, 0.15) is 0 Å². The standard InChI is InChI=1S/C23H34O8/c1-12-7-8-17-13(2)20(27-19(26)15-6-4-5-14(11-15)18(24)25)28-21-23(17)16(12)9-10-22(3,29-21)30-31-23/h12-17,20-21H,4-11H2,1-3H3,(H,24,25)/t12-,13-,14?,15?,16+,17+,20+,21-,22+,23-/m1/s1. The Morgan fingerprint density at radius 1 is 1.00 bits per heavy atom. The Morgan fingerprint density at radius 2 is 1.77 bits per heavy atom. The number of aliphatic carboxylic acids is 1. The lowest BCUT2D eigenvalue weighted by Crippen LogP contribution is -2.70. The third-order valence-corrected chi connectivity index (χ3v) is 8.69. The Kier molecular flexibility index (Phi) is 5.35. The van der Waals surface area contributed by atoms with Crippen LogP contribution in [0.3, 0.4) is 0 Å². The van der Waals surface area contributed by atoms with Crippen molar-refractivity contribution in [2.45, 2.75) is 96.1 Å². The van der Waals surface area contributed by atoms with Gasteiger partial charge in [-0.3, -0.25) is 9.59 Å². The van der Waals surface area contributed by atoms with Crippen LogP contribution in [0.5, 0.6) is 0 Å². The van der Waals surface area contributed by atoms with Crippen molar-refractivity contribution in [1.82, 2.24) is 0 Å². The summed E-state index contributed by atoms with van der Waals surface area (Å²) in [6.45, 7) is 6.17. The van der Waals surface area contributed by atoms with Crippen LogP contribution in [0.2, 0.25) is 0 Å². The van der Waals surface area contributed by atoms with E-state index in [0.29, 0.717) is 25.2 Å². The minimum absolute atomic E-state index is 0.0799. The molecule has 0 aromatic heterocycles. The summed E-state index contributed by atoms with van der Waals surface area (Å²) in [4.78, 5) is 36.3. The summed E-state index contributed by atoms with van der Waals surface area (Å²) in [5.41, 5.74) is -0.685. The fraction of sp³-hybridized carbons (Fsp3) is 0.913. The molecule has 6 fully saturated rings. The van der Waals surface area contributed by atoms with Crippen molar-refractivity contribution in [2.24, 2.45) is 35.5 Å². The number of carbonyl (C=O) groups is 2. The monoisotopic (exact) mass is 438 g/mol. The quantitative estimate of drug-likeness (QED) is 0.527. The van der Waals surface area contributed by atoms with Gasteiger partial charge in [0.15, 0.2) is 11.9 Å². The van der Waals surface area contributed by atoms with E-state index < -0.39 is 41.8 Å². The summed E-state index contributed by atoms with van der Waals surface area (Å²) < 4.78 is 18.5. The Bertz CT molecular complexity index is 741. The third-order valence-electron chi connectivity index (χ3n) is 8.69. The van der Waals surface area contributed by atoms with Crippen molar-refractivity contribution in [3.8, 4) is 0 Å². The maximum absolute atomic E-state index is 13.0. The van der Waals surface area contributed by atoms with Gasteiger partial charge in [0.2, 0.25) is 12.1 Å². The summed E-state index contributed by atoms with van der Waals surface area (Å²) in [6, 6.07) is 0. The van der Waals surface area contributed by atoms with Crippen molar-refractivity contribution < 1.29 is 38.7 Å². The molecule has 2 bridgehead atoms. The number of carbonyl (C=O) groups excluding carboxylic acids is 1. The molecule has 4 aliphatic heterocycles. The number of carboxylic acid groups (broad SMARTS) is 1. The molecule has 0 radical (unpaired) electrons. The molecular formula is C23H34O8. The Labute approximate surface area is 182 Å². The van der Waals surface area contributed by atoms with Gasteiger partial charge in [0.05, 0.1) is 11.8 Å². The van der Waals surface area contributed by atoms with E-state index in [4.69, 9.17) is 24.0 Å². The second kappa shape index (κ2) is 7.68. The normalized spacial score (nSPS) is 51.5. The average molecular weight is 439 g/mol. The molecule has 0 aromatic carbocycles. The van der Waals surface area contributed by atoms with Gasteiger partial charge in [-0.05, 0) is 57.3 Å². The first-order valence-electron chi connectivity index (χ1n) is 11.9. The summed E-state index contributed by atoms with van der Waals surface area (Å²) in [7, 11) is 0. The lowest BCUT2D eigenvalue weighted by molar-refractivity contribution is -0.576. The molecule has 2 unspecified atom stereocenters. The summed E-state index contributed by atoms with van der Waals surface area (Å²) in [5, 5.41) is 9.34. The van der Waals surface area contributed by atoms with E-state index in [0.717, 1.165) is 32.1 Å². The van der Waals surface area contributed by atoms with Gasteiger partial charge in [-0.2, -0.15) is 0 Å². The van der Waals surface area contributed by atoms with Gasteiger partial charge in [-0.25, -0.2) is 9.78 Å². The van der Waals surface area contributed by atoms with E-state index in [1.807, 2.05) is 13.8 Å². The molecule has 8 heteroatoms. The number of ether oxygens (including phenoxy) is 3. The van der Waals surface area contributed by atoms with Gasteiger partial charge >= 0.3 is 11.9 Å². The Morgan fingerprint density at radius 3 is 2.55 bits per heavy atom. The second-order valence-electron chi connectivity index (χ2n) is 10.6. The Balaban J connectivity index is 1.36. The van der Waals surface area contributed by atoms with E-state index >= 15 is 0 Å². The highest BCUT2D eigenvalue weighted by atomic mass is 17.3. The van der Waals surface area contributed by atoms with Crippen molar-refractivity contribution >= 4 is 11.9 Å². The second-order valence-corrected chi connectivity index (χ2v) is 10.6. The molecule has 10 atom stereocenters. The van der Waals surface area contributed by atoms with E-state index in [9.17, 15) is 14.7 Å². The van der Waals surface area contributed by atoms with E-state index in [1.165, 1.54) is 0 Å². The predicted molar refractivity (Wildman–Crippen MR) is 106 cm³/mol. The third kappa shape index (κ3) is 3.41. The van der Waals surface area contributed by atoms with Crippen LogP contribution in [0.25, 0.3) is 0 Å². The fourth-order valence-corrected chi connectivity index (χ4v) is 6.85. The number of fused-ring (bicyclic) bond motifs is 2. The van der Waals surface area contributed by atoms with E-state index in [2.05, 4.69) is 6.92 Å². The van der Waals surface area contributed by atoms with Crippen molar-refractivity contribution in [2.75, 3.05) is 0 Å². The first-order chi connectivity index (χ1) is 14.7. The number of carboxylic acids is 1. The molecule has 2 aliphatic carbocycles. The maximum atomic E-state index is 13.0. The zero-order valence-corrected chi connectivity index (χ0v) is 18.6. The van der Waals surface area contributed by atoms with Gasteiger partial charge < -0.3 is 19.3 Å². The molecule has 1 N–H and O–H groups in total. The zero-order chi connectivity index (χ0) is 22.0. The SMILES string of the molecule is C[C@H]1[C@@H](OC(=O)C2CCCC(C(=O)O)C2)O[C@@H]2O[C@]3(C)CC[C@H]4[C@H](C)CC[C@@H]1[C@@]24OO3. The molecule has 6 aliphatic rings. The lowest BCUT2D eigenvalue weighted by atomic mass is 9.58. The number of rotatable bonds is 3. The van der Waals surface area contributed by atoms with Gasteiger partial charge in [0.25, 0.3) is 0 Å². The zero-order valence-electron chi connectivity index (χ0n) is 18.6. The molecule has 174 valence electrons. The number of hydrogen-bond donors (Lipinski definition) is 1. The van der Waals surface area contributed by atoms with Crippen molar-refractivity contribution in [3.63, 3.8) is 0 Å². The summed E-state index contributed by atoms with van der Waals surface area (Å²) in [6.07, 6.45) is 4.63. The van der Waals surface area contributed by atoms with Crippen LogP contribution in [0.15, 0.2) is 0 Å². The van der Waals surface area contributed by atoms with Gasteiger partial charge in [0, 0.05) is 18.3 Å². The van der Waals surface area contributed by atoms with Crippen LogP contribution >= 0.6 is 0 Å². The molecule has 0 amide bonds. The van der Waals surface area contributed by atoms with Crippen molar-refractivity contribution in [3.05, 3.63) is 0 Å². The minimum Gasteiger partial charge on any atom is -0.481 e. The van der Waals surface area contributed by atoms with Gasteiger partial charge in [-0.15, -0.1) is 0 Å². The maximum Gasteiger partial charge on any atom is 0.311 e. The van der Waals surface area contributed by atoms with Gasteiger partial charge in [-0.1, -0.05) is 20.3 Å². The lowest BCUT2D eigenvalue weighted by Gasteiger charge is -2.60. The van der Waals surface area contributed by atoms with Crippen LogP contribution in [-0.2, 0) is 33.6 Å². The fourth-order valence-electron chi connectivity index (χ4n) is 6.85. The van der Waals surface area contributed by atoms with Crippen LogP contribution in [-0.4, -0.2) is 41.0 Å². The van der Waals surface area contributed by atoms with Crippen LogP contribution in [0, 0.1) is 35.5 Å². The predicted octanol–water partition coefficient (Wildman–Crippen LogP) is 3.63. The van der Waals surface area contributed by atoms with E-state index in [1.54, 1.807) is 0 Å².